The summed E-state index contributed by atoms with van der Waals surface area (Å²) in [5.41, 5.74) is 1.31. The van der Waals surface area contributed by atoms with Crippen LogP contribution in [0.15, 0.2) is 29.3 Å². The van der Waals surface area contributed by atoms with Gasteiger partial charge in [-0.2, -0.15) is 0 Å². The van der Waals surface area contributed by atoms with Gasteiger partial charge in [0, 0.05) is 38.8 Å². The van der Waals surface area contributed by atoms with E-state index in [1.54, 1.807) is 7.11 Å². The summed E-state index contributed by atoms with van der Waals surface area (Å²) in [6.07, 6.45) is 1.09. The third kappa shape index (κ3) is 7.66. The molecule has 1 unspecified atom stereocenters. The molecule has 1 saturated heterocycles. The summed E-state index contributed by atoms with van der Waals surface area (Å²) in [5, 5.41) is 7.02. The minimum Gasteiger partial charge on any atom is -0.495 e. The molecule has 0 saturated carbocycles. The number of para-hydroxylation sites is 2. The number of hydrogen-bond acceptors (Lipinski definition) is 4. The Morgan fingerprint density at radius 1 is 1.32 bits per heavy atom. The van der Waals surface area contributed by atoms with E-state index in [-0.39, 0.29) is 29.4 Å². The van der Waals surface area contributed by atoms with E-state index < -0.39 is 0 Å². The van der Waals surface area contributed by atoms with E-state index in [2.05, 4.69) is 67.4 Å². The van der Waals surface area contributed by atoms with Gasteiger partial charge in [-0.15, -0.1) is 24.0 Å². The molecule has 1 atom stereocenters. The van der Waals surface area contributed by atoms with E-state index >= 15 is 0 Å². The van der Waals surface area contributed by atoms with Crippen LogP contribution in [0.2, 0.25) is 0 Å². The van der Waals surface area contributed by atoms with Crippen molar-refractivity contribution in [3.05, 3.63) is 24.3 Å². The number of ether oxygens (including phenoxy) is 1. The maximum absolute atomic E-state index is 5.52. The molecule has 0 bridgehead atoms. The summed E-state index contributed by atoms with van der Waals surface area (Å²) >= 11 is 0. The zero-order valence-electron chi connectivity index (χ0n) is 18.3. The van der Waals surface area contributed by atoms with Gasteiger partial charge in [0.2, 0.25) is 0 Å². The molecule has 1 aliphatic rings. The van der Waals surface area contributed by atoms with Crippen molar-refractivity contribution in [1.82, 2.24) is 15.5 Å². The summed E-state index contributed by atoms with van der Waals surface area (Å²) in [6, 6.07) is 8.61. The normalized spacial score (nSPS) is 17.5. The number of hydrogen-bond donors (Lipinski definition) is 2. The lowest BCUT2D eigenvalue weighted by molar-refractivity contribution is 0.248. The lowest BCUT2D eigenvalue weighted by Gasteiger charge is -2.27. The Morgan fingerprint density at radius 2 is 2.04 bits per heavy atom. The van der Waals surface area contributed by atoms with Gasteiger partial charge in [-0.05, 0) is 45.0 Å². The van der Waals surface area contributed by atoms with Gasteiger partial charge in [0.05, 0.1) is 12.8 Å². The quantitative estimate of drug-likeness (QED) is 0.325. The summed E-state index contributed by atoms with van der Waals surface area (Å²) in [7, 11) is 5.95. The summed E-state index contributed by atoms with van der Waals surface area (Å²) in [4.78, 5) is 9.46. The number of aliphatic imine (C=N–C) groups is 1. The number of nitrogens with one attached hydrogen (secondary N) is 2. The third-order valence-electron chi connectivity index (χ3n) is 4.71. The van der Waals surface area contributed by atoms with E-state index in [9.17, 15) is 0 Å². The van der Waals surface area contributed by atoms with Gasteiger partial charge >= 0.3 is 0 Å². The highest BCUT2D eigenvalue weighted by molar-refractivity contribution is 14.0. The van der Waals surface area contributed by atoms with Gasteiger partial charge in [-0.25, -0.2) is 0 Å². The Morgan fingerprint density at radius 3 is 2.68 bits per heavy atom. The molecule has 0 aromatic heterocycles. The van der Waals surface area contributed by atoms with Gasteiger partial charge in [0.1, 0.15) is 5.75 Å². The molecule has 2 N–H and O–H groups in total. The van der Waals surface area contributed by atoms with Gasteiger partial charge in [-0.3, -0.25) is 4.99 Å². The van der Waals surface area contributed by atoms with Gasteiger partial charge in [0.15, 0.2) is 5.96 Å². The first kappa shape index (κ1) is 24.8. The van der Waals surface area contributed by atoms with Crippen LogP contribution < -0.4 is 20.3 Å². The van der Waals surface area contributed by atoms with Crippen LogP contribution in [0.1, 0.15) is 27.2 Å². The van der Waals surface area contributed by atoms with E-state index in [1.165, 1.54) is 5.69 Å². The van der Waals surface area contributed by atoms with Crippen molar-refractivity contribution in [3.63, 3.8) is 0 Å². The van der Waals surface area contributed by atoms with Crippen molar-refractivity contribution in [1.29, 1.82) is 0 Å². The van der Waals surface area contributed by atoms with E-state index in [4.69, 9.17) is 9.73 Å². The monoisotopic (exact) mass is 503 g/mol. The highest BCUT2D eigenvalue weighted by atomic mass is 127. The molecule has 1 aliphatic heterocycles. The highest BCUT2D eigenvalue weighted by Gasteiger charge is 2.25. The van der Waals surface area contributed by atoms with Crippen molar-refractivity contribution in [3.8, 4) is 5.75 Å². The SMILES string of the molecule is CCNC(=NCC(C)(C)CN(C)C)NC1CCN(c2ccccc2OC)C1.I. The second kappa shape index (κ2) is 11.7. The molecule has 0 amide bonds. The molecule has 0 radical (unpaired) electrons. The second-order valence-electron chi connectivity index (χ2n) is 8.34. The van der Waals surface area contributed by atoms with Crippen molar-refractivity contribution < 1.29 is 4.74 Å². The van der Waals surface area contributed by atoms with Crippen molar-refractivity contribution >= 4 is 35.6 Å². The minimum absolute atomic E-state index is 0. The lowest BCUT2D eigenvalue weighted by atomic mass is 9.93. The molecule has 1 fully saturated rings. The fourth-order valence-corrected chi connectivity index (χ4v) is 3.70. The molecule has 0 spiro atoms. The summed E-state index contributed by atoms with van der Waals surface area (Å²) in [6.45, 7) is 11.3. The average molecular weight is 503 g/mol. The van der Waals surface area contributed by atoms with Crippen molar-refractivity contribution in [2.45, 2.75) is 33.2 Å². The first-order valence-corrected chi connectivity index (χ1v) is 9.92. The highest BCUT2D eigenvalue weighted by Crippen LogP contribution is 2.30. The number of halogens is 1. The van der Waals surface area contributed by atoms with Crippen LogP contribution in [0.5, 0.6) is 5.75 Å². The third-order valence-corrected chi connectivity index (χ3v) is 4.71. The predicted octanol–water partition coefficient (Wildman–Crippen LogP) is 3.03. The smallest absolute Gasteiger partial charge is 0.191 e. The molecule has 160 valence electrons. The zero-order chi connectivity index (χ0) is 19.9. The zero-order valence-corrected chi connectivity index (χ0v) is 20.6. The second-order valence-corrected chi connectivity index (χ2v) is 8.34. The predicted molar refractivity (Wildman–Crippen MR) is 130 cm³/mol. The van der Waals surface area contributed by atoms with Crippen LogP contribution in [0, 0.1) is 5.41 Å². The first-order chi connectivity index (χ1) is 12.8. The molecule has 2 rings (SSSR count). The first-order valence-electron chi connectivity index (χ1n) is 9.92. The van der Waals surface area contributed by atoms with Crippen LogP contribution in [-0.2, 0) is 0 Å². The Balaban J connectivity index is 0.00000392. The molecule has 6 nitrogen and oxygen atoms in total. The van der Waals surface area contributed by atoms with Gasteiger partial charge < -0.3 is 25.2 Å². The fourth-order valence-electron chi connectivity index (χ4n) is 3.70. The topological polar surface area (TPSA) is 52.1 Å². The summed E-state index contributed by atoms with van der Waals surface area (Å²) < 4.78 is 5.52. The van der Waals surface area contributed by atoms with Crippen LogP contribution in [0.4, 0.5) is 5.69 Å². The molecular weight excluding hydrogens is 465 g/mol. The Labute approximate surface area is 188 Å². The average Bonchev–Trinajstić information content (AvgIpc) is 3.07. The van der Waals surface area contributed by atoms with Gasteiger partial charge in [0.25, 0.3) is 0 Å². The maximum atomic E-state index is 5.52. The standard InChI is InChI=1S/C21H37N5O.HI/c1-7-22-20(23-15-21(2,3)16-25(4)5)24-17-12-13-26(14-17)18-10-8-9-11-19(18)27-6;/h8-11,17H,7,12-16H2,1-6H3,(H2,22,23,24);1H. The number of methoxy groups -OCH3 is 1. The maximum Gasteiger partial charge on any atom is 0.191 e. The molecule has 1 heterocycles. The van der Waals surface area contributed by atoms with E-state index in [0.717, 1.165) is 50.9 Å². The largest absolute Gasteiger partial charge is 0.495 e. The van der Waals surface area contributed by atoms with E-state index in [1.807, 2.05) is 12.1 Å². The molecule has 28 heavy (non-hydrogen) atoms. The molecule has 0 aliphatic carbocycles. The Hall–Kier alpha value is -1.22. The molecule has 7 heteroatoms. The molecule has 1 aromatic rings. The number of rotatable bonds is 8. The Bertz CT molecular complexity index is 621. The number of guanidine groups is 1. The van der Waals surface area contributed by atoms with Crippen LogP contribution >= 0.6 is 24.0 Å². The van der Waals surface area contributed by atoms with Crippen molar-refractivity contribution in [2.75, 3.05) is 58.8 Å². The molecule has 1 aromatic carbocycles. The number of anilines is 1. The van der Waals surface area contributed by atoms with Crippen LogP contribution in [0.3, 0.4) is 0 Å². The van der Waals surface area contributed by atoms with Crippen LogP contribution in [-0.4, -0.2) is 70.8 Å². The van der Waals surface area contributed by atoms with Crippen molar-refractivity contribution in [2.24, 2.45) is 10.4 Å². The lowest BCUT2D eigenvalue weighted by Crippen LogP contribution is -2.45. The van der Waals surface area contributed by atoms with Crippen LogP contribution in [0.25, 0.3) is 0 Å². The Kier molecular flexibility index (Phi) is 10.4. The fraction of sp³-hybridized carbons (Fsp3) is 0.667. The minimum atomic E-state index is 0. The van der Waals surface area contributed by atoms with E-state index in [0.29, 0.717) is 6.04 Å². The molecular formula is C21H38IN5O. The number of benzene rings is 1. The summed E-state index contributed by atoms with van der Waals surface area (Å²) in [5.74, 6) is 1.85. The van der Waals surface area contributed by atoms with Gasteiger partial charge in [-0.1, -0.05) is 26.0 Å². The number of nitrogens with zero attached hydrogens (tertiary/aromatic N) is 3.